The van der Waals surface area contributed by atoms with Crippen molar-refractivity contribution in [1.82, 2.24) is 35.5 Å². The van der Waals surface area contributed by atoms with Gasteiger partial charge in [-0.25, -0.2) is 15.0 Å². The SMILES string of the molecule is c1cnnc(Nc2cc(-c3nc(N4CCNCC4)c4c(C5CC5)cncc4n3)ccn2)c1. The van der Waals surface area contributed by atoms with Gasteiger partial charge in [0.15, 0.2) is 11.6 Å². The second-order valence-corrected chi connectivity index (χ2v) is 8.17. The lowest BCUT2D eigenvalue weighted by Crippen LogP contribution is -2.44. The summed E-state index contributed by atoms with van der Waals surface area (Å²) in [5.74, 6) is 3.56. The molecular weight excluding hydrogens is 402 g/mol. The lowest BCUT2D eigenvalue weighted by atomic mass is 10.1. The van der Waals surface area contributed by atoms with Crippen molar-refractivity contribution in [3.05, 3.63) is 54.6 Å². The van der Waals surface area contributed by atoms with E-state index in [1.54, 1.807) is 12.4 Å². The Balaban J connectivity index is 1.45. The number of piperazine rings is 1. The van der Waals surface area contributed by atoms with Crippen molar-refractivity contribution in [3.63, 3.8) is 0 Å². The molecule has 1 saturated heterocycles. The molecule has 0 aromatic carbocycles. The molecule has 4 aromatic heterocycles. The van der Waals surface area contributed by atoms with Gasteiger partial charge in [0.05, 0.1) is 11.7 Å². The van der Waals surface area contributed by atoms with Gasteiger partial charge in [0.25, 0.3) is 0 Å². The minimum Gasteiger partial charge on any atom is -0.353 e. The zero-order chi connectivity index (χ0) is 21.3. The van der Waals surface area contributed by atoms with Crippen LogP contribution < -0.4 is 15.5 Å². The highest BCUT2D eigenvalue weighted by Crippen LogP contribution is 2.44. The average Bonchev–Trinajstić information content (AvgIpc) is 3.70. The minimum absolute atomic E-state index is 0.575. The molecule has 9 heteroatoms. The Bertz CT molecular complexity index is 1250. The third kappa shape index (κ3) is 3.71. The van der Waals surface area contributed by atoms with Gasteiger partial charge in [0.1, 0.15) is 11.6 Å². The number of anilines is 3. The normalized spacial score (nSPS) is 16.3. The molecule has 32 heavy (non-hydrogen) atoms. The van der Waals surface area contributed by atoms with Crippen molar-refractivity contribution < 1.29 is 0 Å². The average molecular weight is 426 g/mol. The summed E-state index contributed by atoms with van der Waals surface area (Å²) in [5, 5.41) is 15.8. The molecule has 6 rings (SSSR count). The quantitative estimate of drug-likeness (QED) is 0.499. The first kappa shape index (κ1) is 19.0. The van der Waals surface area contributed by atoms with Crippen molar-refractivity contribution in [2.24, 2.45) is 0 Å². The molecule has 0 radical (unpaired) electrons. The molecule has 0 unspecified atom stereocenters. The number of nitrogens with zero attached hydrogens (tertiary/aromatic N) is 7. The summed E-state index contributed by atoms with van der Waals surface area (Å²) in [6, 6.07) is 7.55. The first-order valence-electron chi connectivity index (χ1n) is 11.0. The zero-order valence-electron chi connectivity index (χ0n) is 17.6. The molecule has 160 valence electrons. The van der Waals surface area contributed by atoms with Crippen LogP contribution in [-0.4, -0.2) is 56.3 Å². The van der Waals surface area contributed by atoms with Gasteiger partial charge >= 0.3 is 0 Å². The standard InChI is InChI=1S/C23H23N9/c1-2-19(31-27-6-1)29-20-12-16(5-7-26-20)22-28-18-14-25-13-17(15-3-4-15)21(18)23(30-22)32-10-8-24-9-11-32/h1-2,5-7,12-15,24H,3-4,8-11H2,(H,26,29,31). The van der Waals surface area contributed by atoms with Crippen LogP contribution in [0.25, 0.3) is 22.3 Å². The number of fused-ring (bicyclic) bond motifs is 1. The van der Waals surface area contributed by atoms with Gasteiger partial charge in [-0.05, 0) is 48.6 Å². The Kier molecular flexibility index (Phi) is 4.80. The summed E-state index contributed by atoms with van der Waals surface area (Å²) in [7, 11) is 0. The Labute approximate surface area is 185 Å². The predicted molar refractivity (Wildman–Crippen MR) is 123 cm³/mol. The van der Waals surface area contributed by atoms with Crippen LogP contribution in [0.5, 0.6) is 0 Å². The van der Waals surface area contributed by atoms with Crippen LogP contribution in [0.3, 0.4) is 0 Å². The highest BCUT2D eigenvalue weighted by atomic mass is 15.2. The molecule has 1 saturated carbocycles. The molecule has 1 aliphatic heterocycles. The maximum absolute atomic E-state index is 5.09. The molecule has 5 heterocycles. The first-order valence-corrected chi connectivity index (χ1v) is 11.0. The van der Waals surface area contributed by atoms with Crippen LogP contribution in [0.15, 0.2) is 49.1 Å². The monoisotopic (exact) mass is 425 g/mol. The number of pyridine rings is 2. The van der Waals surface area contributed by atoms with Crippen molar-refractivity contribution >= 4 is 28.4 Å². The smallest absolute Gasteiger partial charge is 0.162 e. The highest BCUT2D eigenvalue weighted by Gasteiger charge is 2.29. The molecule has 0 amide bonds. The van der Waals surface area contributed by atoms with Gasteiger partial charge in [-0.3, -0.25) is 4.98 Å². The summed E-state index contributed by atoms with van der Waals surface area (Å²) in [6.07, 6.45) is 9.68. The summed E-state index contributed by atoms with van der Waals surface area (Å²) in [6.45, 7) is 3.75. The second kappa shape index (κ2) is 8.08. The molecule has 1 aliphatic carbocycles. The zero-order valence-corrected chi connectivity index (χ0v) is 17.6. The Hall–Kier alpha value is -3.72. The molecule has 2 aliphatic rings. The second-order valence-electron chi connectivity index (χ2n) is 8.17. The summed E-state index contributed by atoms with van der Waals surface area (Å²) < 4.78 is 0. The van der Waals surface area contributed by atoms with Crippen LogP contribution >= 0.6 is 0 Å². The van der Waals surface area contributed by atoms with E-state index in [0.29, 0.717) is 23.4 Å². The third-order valence-corrected chi connectivity index (χ3v) is 5.90. The molecule has 0 atom stereocenters. The maximum Gasteiger partial charge on any atom is 0.162 e. The van der Waals surface area contributed by atoms with Gasteiger partial charge < -0.3 is 15.5 Å². The van der Waals surface area contributed by atoms with Crippen molar-refractivity contribution in [2.45, 2.75) is 18.8 Å². The van der Waals surface area contributed by atoms with E-state index in [9.17, 15) is 0 Å². The van der Waals surface area contributed by atoms with E-state index in [1.807, 2.05) is 36.7 Å². The summed E-state index contributed by atoms with van der Waals surface area (Å²) >= 11 is 0. The Morgan fingerprint density at radius 3 is 2.72 bits per heavy atom. The number of rotatable bonds is 5. The topological polar surface area (TPSA) is 105 Å². The number of aromatic nitrogens is 6. The molecule has 9 nitrogen and oxygen atoms in total. The molecular formula is C23H23N9. The van der Waals surface area contributed by atoms with Gasteiger partial charge in [0, 0.05) is 55.7 Å². The lowest BCUT2D eigenvalue weighted by Gasteiger charge is -2.30. The largest absolute Gasteiger partial charge is 0.353 e. The molecule has 0 spiro atoms. The van der Waals surface area contributed by atoms with Gasteiger partial charge in [0.2, 0.25) is 0 Å². The van der Waals surface area contributed by atoms with Gasteiger partial charge in [-0.1, -0.05) is 0 Å². The van der Waals surface area contributed by atoms with Gasteiger partial charge in [-0.2, -0.15) is 5.10 Å². The third-order valence-electron chi connectivity index (χ3n) is 5.90. The lowest BCUT2D eigenvalue weighted by molar-refractivity contribution is 0.586. The predicted octanol–water partition coefficient (Wildman–Crippen LogP) is 2.91. The Morgan fingerprint density at radius 1 is 1.00 bits per heavy atom. The molecule has 0 bridgehead atoms. The first-order chi connectivity index (χ1) is 15.8. The van der Waals surface area contributed by atoms with E-state index in [2.05, 4.69) is 35.7 Å². The van der Waals surface area contributed by atoms with E-state index in [-0.39, 0.29) is 0 Å². The fraction of sp³-hybridized carbons (Fsp3) is 0.304. The van der Waals surface area contributed by atoms with Crippen LogP contribution in [0.2, 0.25) is 0 Å². The maximum atomic E-state index is 5.09. The van der Waals surface area contributed by atoms with Crippen LogP contribution in [0.4, 0.5) is 17.5 Å². The summed E-state index contributed by atoms with van der Waals surface area (Å²) in [4.78, 5) is 21.3. The van der Waals surface area contributed by atoms with Crippen LogP contribution in [0, 0.1) is 0 Å². The molecule has 4 aromatic rings. The Morgan fingerprint density at radius 2 is 1.91 bits per heavy atom. The van der Waals surface area contributed by atoms with Crippen LogP contribution in [-0.2, 0) is 0 Å². The van der Waals surface area contributed by atoms with E-state index < -0.39 is 0 Å². The van der Waals surface area contributed by atoms with E-state index in [1.165, 1.54) is 18.4 Å². The van der Waals surface area contributed by atoms with E-state index in [0.717, 1.165) is 48.5 Å². The number of nitrogens with one attached hydrogen (secondary N) is 2. The van der Waals surface area contributed by atoms with Crippen molar-refractivity contribution in [3.8, 4) is 11.4 Å². The van der Waals surface area contributed by atoms with Crippen molar-refractivity contribution in [1.29, 1.82) is 0 Å². The highest BCUT2D eigenvalue weighted by molar-refractivity contribution is 5.94. The number of hydrogen-bond donors (Lipinski definition) is 2. The van der Waals surface area contributed by atoms with Crippen LogP contribution in [0.1, 0.15) is 24.3 Å². The molecule has 2 N–H and O–H groups in total. The minimum atomic E-state index is 0.575. The fourth-order valence-electron chi connectivity index (χ4n) is 4.16. The van der Waals surface area contributed by atoms with E-state index in [4.69, 9.17) is 9.97 Å². The molecule has 2 fully saturated rings. The van der Waals surface area contributed by atoms with Gasteiger partial charge in [-0.15, -0.1) is 5.10 Å². The fourth-order valence-corrected chi connectivity index (χ4v) is 4.16. The summed E-state index contributed by atoms with van der Waals surface area (Å²) in [5.41, 5.74) is 3.07. The van der Waals surface area contributed by atoms with Crippen molar-refractivity contribution in [2.75, 3.05) is 36.4 Å². The number of hydrogen-bond acceptors (Lipinski definition) is 9. The van der Waals surface area contributed by atoms with E-state index >= 15 is 0 Å².